The predicted molar refractivity (Wildman–Crippen MR) is 84.8 cm³/mol. The van der Waals surface area contributed by atoms with Crippen molar-refractivity contribution in [3.8, 4) is 17.2 Å². The van der Waals surface area contributed by atoms with Crippen molar-refractivity contribution in [2.45, 2.75) is 0 Å². The van der Waals surface area contributed by atoms with Crippen LogP contribution in [0.4, 0.5) is 0 Å². The number of ketones is 2. The molecule has 6 nitrogen and oxygen atoms in total. The fourth-order valence-corrected chi connectivity index (χ4v) is 2.83. The van der Waals surface area contributed by atoms with Gasteiger partial charge in [0.15, 0.2) is 5.78 Å². The lowest BCUT2D eigenvalue weighted by atomic mass is 9.82. The normalized spacial score (nSPS) is 12.3. The van der Waals surface area contributed by atoms with Gasteiger partial charge in [0.25, 0.3) is 0 Å². The third-order valence-corrected chi connectivity index (χ3v) is 3.96. The Balaban J connectivity index is 2.35. The van der Waals surface area contributed by atoms with Gasteiger partial charge in [-0.05, 0) is 18.2 Å². The Morgan fingerprint density at radius 2 is 1.33 bits per heavy atom. The Morgan fingerprint density at radius 1 is 0.750 bits per heavy atom. The van der Waals surface area contributed by atoms with E-state index in [1.54, 1.807) is 6.07 Å². The lowest BCUT2D eigenvalue weighted by Crippen LogP contribution is -2.23. The van der Waals surface area contributed by atoms with Crippen molar-refractivity contribution in [2.75, 3.05) is 21.3 Å². The summed E-state index contributed by atoms with van der Waals surface area (Å²) in [5, 5.41) is 0. The summed E-state index contributed by atoms with van der Waals surface area (Å²) in [5.41, 5.74) is 0.847. The van der Waals surface area contributed by atoms with Crippen LogP contribution in [0.3, 0.4) is 0 Å². The topological polar surface area (TPSA) is 78.9 Å². The molecule has 0 atom stereocenters. The molecule has 3 rings (SSSR count). The van der Waals surface area contributed by atoms with Gasteiger partial charge < -0.3 is 14.2 Å². The minimum atomic E-state index is -0.395. The van der Waals surface area contributed by atoms with Gasteiger partial charge in [-0.15, -0.1) is 0 Å². The van der Waals surface area contributed by atoms with Crippen molar-refractivity contribution in [1.82, 2.24) is 0 Å². The van der Waals surface area contributed by atoms with Gasteiger partial charge in [-0.3, -0.25) is 14.4 Å². The average Bonchev–Trinajstić information content (AvgIpc) is 2.63. The Bertz CT molecular complexity index is 882. The first-order valence-electron chi connectivity index (χ1n) is 7.08. The molecule has 1 aliphatic rings. The molecule has 0 N–H and O–H groups in total. The van der Waals surface area contributed by atoms with Crippen LogP contribution in [-0.4, -0.2) is 39.2 Å². The maximum absolute atomic E-state index is 13.0. The van der Waals surface area contributed by atoms with Crippen molar-refractivity contribution in [2.24, 2.45) is 0 Å². The van der Waals surface area contributed by atoms with Crippen molar-refractivity contribution < 1.29 is 28.6 Å². The molecule has 0 aliphatic heterocycles. The SMILES string of the molecule is COc1cc(OC)c2c(c1)C(=O)c1cc(C=O)cc(OC)c1C2=O. The predicted octanol–water partition coefficient (Wildman–Crippen LogP) is 2.30. The summed E-state index contributed by atoms with van der Waals surface area (Å²) >= 11 is 0. The summed E-state index contributed by atoms with van der Waals surface area (Å²) in [4.78, 5) is 37.0. The van der Waals surface area contributed by atoms with Crippen molar-refractivity contribution in [1.29, 1.82) is 0 Å². The smallest absolute Gasteiger partial charge is 0.201 e. The van der Waals surface area contributed by atoms with Gasteiger partial charge in [-0.25, -0.2) is 0 Å². The summed E-state index contributed by atoms with van der Waals surface area (Å²) < 4.78 is 15.6. The van der Waals surface area contributed by atoms with Gasteiger partial charge in [0, 0.05) is 22.8 Å². The third-order valence-electron chi connectivity index (χ3n) is 3.96. The Kier molecular flexibility index (Phi) is 3.81. The molecule has 0 amide bonds. The van der Waals surface area contributed by atoms with Crippen LogP contribution in [0.2, 0.25) is 0 Å². The molecule has 2 aromatic carbocycles. The summed E-state index contributed by atoms with van der Waals surface area (Å²) in [6.45, 7) is 0. The molecule has 0 radical (unpaired) electrons. The van der Waals surface area contributed by atoms with Crippen LogP contribution in [0.25, 0.3) is 0 Å². The fourth-order valence-electron chi connectivity index (χ4n) is 2.83. The molecule has 24 heavy (non-hydrogen) atoms. The van der Waals surface area contributed by atoms with Crippen LogP contribution in [0.5, 0.6) is 17.2 Å². The average molecular weight is 326 g/mol. The molecule has 0 fully saturated rings. The molecule has 0 saturated carbocycles. The summed E-state index contributed by atoms with van der Waals surface area (Å²) in [7, 11) is 4.25. The lowest BCUT2D eigenvalue weighted by molar-refractivity contribution is 0.0973. The number of ether oxygens (including phenoxy) is 3. The van der Waals surface area contributed by atoms with Gasteiger partial charge in [0.1, 0.15) is 23.5 Å². The highest BCUT2D eigenvalue weighted by molar-refractivity contribution is 6.30. The first-order valence-corrected chi connectivity index (χ1v) is 7.08. The molecule has 1 aliphatic carbocycles. The second-order valence-electron chi connectivity index (χ2n) is 5.17. The molecular weight excluding hydrogens is 312 g/mol. The highest BCUT2D eigenvalue weighted by atomic mass is 16.5. The zero-order valence-electron chi connectivity index (χ0n) is 13.3. The van der Waals surface area contributed by atoms with Crippen LogP contribution in [0, 0.1) is 0 Å². The molecule has 6 heteroatoms. The van der Waals surface area contributed by atoms with E-state index >= 15 is 0 Å². The van der Waals surface area contributed by atoms with Crippen LogP contribution in [-0.2, 0) is 0 Å². The van der Waals surface area contributed by atoms with E-state index in [0.29, 0.717) is 12.0 Å². The van der Waals surface area contributed by atoms with E-state index in [1.165, 1.54) is 39.5 Å². The van der Waals surface area contributed by atoms with Gasteiger partial charge in [0.05, 0.1) is 32.5 Å². The number of benzene rings is 2. The first-order chi connectivity index (χ1) is 11.5. The second kappa shape index (κ2) is 5.81. The number of carbonyl (C=O) groups is 3. The molecule has 2 aromatic rings. The molecule has 122 valence electrons. The minimum Gasteiger partial charge on any atom is -0.497 e. The maximum atomic E-state index is 13.0. The Labute approximate surface area is 137 Å². The van der Waals surface area contributed by atoms with E-state index in [-0.39, 0.29) is 45.1 Å². The summed E-state index contributed by atoms with van der Waals surface area (Å²) in [6.07, 6.45) is 0.599. The van der Waals surface area contributed by atoms with Crippen LogP contribution in [0.15, 0.2) is 24.3 Å². The van der Waals surface area contributed by atoms with E-state index in [9.17, 15) is 14.4 Å². The summed E-state index contributed by atoms with van der Waals surface area (Å²) in [5.74, 6) is 0.0345. The maximum Gasteiger partial charge on any atom is 0.201 e. The monoisotopic (exact) mass is 326 g/mol. The van der Waals surface area contributed by atoms with Crippen LogP contribution in [0.1, 0.15) is 42.2 Å². The number of carbonyl (C=O) groups excluding carboxylic acids is 3. The van der Waals surface area contributed by atoms with E-state index in [1.807, 2.05) is 0 Å². The first kappa shape index (κ1) is 15.7. The number of methoxy groups -OCH3 is 3. The Hall–Kier alpha value is -3.15. The number of hydrogen-bond acceptors (Lipinski definition) is 6. The molecule has 0 spiro atoms. The Morgan fingerprint density at radius 3 is 1.88 bits per heavy atom. The highest BCUT2D eigenvalue weighted by Crippen LogP contribution is 2.39. The zero-order valence-corrected chi connectivity index (χ0v) is 13.3. The molecule has 0 saturated heterocycles. The zero-order chi connectivity index (χ0) is 17.4. The number of rotatable bonds is 4. The van der Waals surface area contributed by atoms with Gasteiger partial charge in [0.2, 0.25) is 5.78 Å². The van der Waals surface area contributed by atoms with E-state index in [0.717, 1.165) is 0 Å². The summed E-state index contributed by atoms with van der Waals surface area (Å²) in [6, 6.07) is 5.85. The molecule has 0 aromatic heterocycles. The van der Waals surface area contributed by atoms with Gasteiger partial charge in [-0.1, -0.05) is 0 Å². The van der Waals surface area contributed by atoms with Crippen molar-refractivity contribution in [3.63, 3.8) is 0 Å². The van der Waals surface area contributed by atoms with Gasteiger partial charge >= 0.3 is 0 Å². The van der Waals surface area contributed by atoms with Crippen LogP contribution < -0.4 is 14.2 Å². The number of aldehydes is 1. The van der Waals surface area contributed by atoms with E-state index < -0.39 is 5.78 Å². The molecule has 0 bridgehead atoms. The molecule has 0 heterocycles. The van der Waals surface area contributed by atoms with Crippen molar-refractivity contribution in [3.05, 3.63) is 52.1 Å². The standard InChI is InChI=1S/C18H14O6/c1-22-10-6-12-16(14(7-10)24-3)18(21)15-11(17(12)20)4-9(8-19)5-13(15)23-2/h4-8H,1-3H3. The fraction of sp³-hybridized carbons (Fsp3) is 0.167. The lowest BCUT2D eigenvalue weighted by Gasteiger charge is -2.22. The second-order valence-corrected chi connectivity index (χ2v) is 5.17. The highest BCUT2D eigenvalue weighted by Gasteiger charge is 2.36. The van der Waals surface area contributed by atoms with Crippen molar-refractivity contribution >= 4 is 17.9 Å². The minimum absolute atomic E-state index is 0.129. The van der Waals surface area contributed by atoms with E-state index in [2.05, 4.69) is 0 Å². The van der Waals surface area contributed by atoms with Gasteiger partial charge in [-0.2, -0.15) is 0 Å². The molecular formula is C18H14O6. The van der Waals surface area contributed by atoms with E-state index in [4.69, 9.17) is 14.2 Å². The number of hydrogen-bond donors (Lipinski definition) is 0. The largest absolute Gasteiger partial charge is 0.497 e. The van der Waals surface area contributed by atoms with Crippen LogP contribution >= 0.6 is 0 Å². The molecule has 0 unspecified atom stereocenters. The quantitative estimate of drug-likeness (QED) is 0.685. The third kappa shape index (κ3) is 2.15. The number of fused-ring (bicyclic) bond motifs is 2.